The zero-order valence-electron chi connectivity index (χ0n) is 11.7. The minimum Gasteiger partial charge on any atom is -0.358 e. The summed E-state index contributed by atoms with van der Waals surface area (Å²) in [4.78, 5) is 11.1. The first-order chi connectivity index (χ1) is 9.13. The van der Waals surface area contributed by atoms with Crippen molar-refractivity contribution in [3.63, 3.8) is 0 Å². The van der Waals surface area contributed by atoms with Gasteiger partial charge in [-0.2, -0.15) is 5.10 Å². The molecule has 2 aromatic heterocycles. The van der Waals surface area contributed by atoms with E-state index in [1.807, 2.05) is 30.8 Å². The van der Waals surface area contributed by atoms with Crippen LogP contribution in [0.15, 0.2) is 18.5 Å². The van der Waals surface area contributed by atoms with E-state index in [1.54, 1.807) is 6.20 Å². The van der Waals surface area contributed by atoms with E-state index < -0.39 is 0 Å². The molecule has 0 bridgehead atoms. The van der Waals surface area contributed by atoms with Gasteiger partial charge in [0.15, 0.2) is 5.82 Å². The summed E-state index contributed by atoms with van der Waals surface area (Å²) in [5.41, 5.74) is 2.07. The minimum absolute atomic E-state index is 0.783. The fourth-order valence-corrected chi connectivity index (χ4v) is 2.27. The Kier molecular flexibility index (Phi) is 2.97. The highest BCUT2D eigenvalue weighted by molar-refractivity contribution is 5.39. The Labute approximate surface area is 113 Å². The van der Waals surface area contributed by atoms with E-state index in [9.17, 15) is 0 Å². The molecule has 2 aromatic rings. The van der Waals surface area contributed by atoms with Crippen molar-refractivity contribution in [2.45, 2.75) is 26.7 Å². The van der Waals surface area contributed by atoms with Crippen molar-refractivity contribution < 1.29 is 0 Å². The first kappa shape index (κ1) is 12.1. The lowest BCUT2D eigenvalue weighted by atomic mass is 10.4. The molecule has 0 atom stereocenters. The largest absolute Gasteiger partial charge is 0.358 e. The number of nitrogens with zero attached hydrogens (tertiary/aromatic N) is 5. The molecule has 1 aliphatic carbocycles. The number of hydrogen-bond acceptors (Lipinski definition) is 4. The van der Waals surface area contributed by atoms with Crippen LogP contribution in [0.3, 0.4) is 0 Å². The third-order valence-electron chi connectivity index (χ3n) is 3.46. The average molecular weight is 257 g/mol. The molecule has 1 fully saturated rings. The van der Waals surface area contributed by atoms with Crippen LogP contribution in [0, 0.1) is 19.8 Å². The van der Waals surface area contributed by atoms with Gasteiger partial charge in [-0.1, -0.05) is 0 Å². The maximum Gasteiger partial charge on any atom is 0.174 e. The summed E-state index contributed by atoms with van der Waals surface area (Å²) >= 11 is 0. The molecule has 1 aliphatic rings. The molecule has 5 nitrogen and oxygen atoms in total. The minimum atomic E-state index is 0.783. The van der Waals surface area contributed by atoms with Crippen LogP contribution >= 0.6 is 0 Å². The smallest absolute Gasteiger partial charge is 0.174 e. The molecular weight excluding hydrogens is 238 g/mol. The fourth-order valence-electron chi connectivity index (χ4n) is 2.27. The molecular formula is C14H19N5. The first-order valence-corrected chi connectivity index (χ1v) is 6.70. The Morgan fingerprint density at radius 3 is 2.74 bits per heavy atom. The Morgan fingerprint density at radius 1 is 1.32 bits per heavy atom. The Morgan fingerprint density at radius 2 is 2.11 bits per heavy atom. The molecule has 2 heterocycles. The molecule has 1 saturated carbocycles. The number of aryl methyl sites for hydroxylation is 2. The van der Waals surface area contributed by atoms with E-state index in [4.69, 9.17) is 0 Å². The molecule has 0 amide bonds. The average Bonchev–Trinajstić information content (AvgIpc) is 3.13. The van der Waals surface area contributed by atoms with E-state index in [1.165, 1.54) is 12.8 Å². The summed E-state index contributed by atoms with van der Waals surface area (Å²) in [5.74, 6) is 2.53. The molecule has 19 heavy (non-hydrogen) atoms. The summed E-state index contributed by atoms with van der Waals surface area (Å²) in [5, 5.41) is 4.45. The lowest BCUT2D eigenvalue weighted by molar-refractivity contribution is 0.757. The van der Waals surface area contributed by atoms with Crippen molar-refractivity contribution in [2.75, 3.05) is 18.5 Å². The quantitative estimate of drug-likeness (QED) is 0.841. The van der Waals surface area contributed by atoms with Crippen LogP contribution in [-0.2, 0) is 0 Å². The number of aromatic nitrogens is 4. The molecule has 0 spiro atoms. The second-order valence-electron chi connectivity index (χ2n) is 5.40. The summed E-state index contributed by atoms with van der Waals surface area (Å²) in [6.07, 6.45) is 6.26. The van der Waals surface area contributed by atoms with Gasteiger partial charge in [0.2, 0.25) is 0 Å². The summed E-state index contributed by atoms with van der Waals surface area (Å²) in [6, 6.07) is 2.04. The van der Waals surface area contributed by atoms with Crippen LogP contribution in [0.1, 0.15) is 24.2 Å². The number of anilines is 1. The van der Waals surface area contributed by atoms with Gasteiger partial charge in [0.1, 0.15) is 5.82 Å². The summed E-state index contributed by atoms with van der Waals surface area (Å²) < 4.78 is 1.84. The van der Waals surface area contributed by atoms with Gasteiger partial charge in [0, 0.05) is 19.3 Å². The van der Waals surface area contributed by atoms with Crippen molar-refractivity contribution in [2.24, 2.45) is 5.92 Å². The summed E-state index contributed by atoms with van der Waals surface area (Å²) in [7, 11) is 2.08. The maximum atomic E-state index is 4.66. The lowest BCUT2D eigenvalue weighted by Gasteiger charge is -2.17. The molecule has 3 rings (SSSR count). The monoisotopic (exact) mass is 257 g/mol. The third kappa shape index (κ3) is 2.59. The van der Waals surface area contributed by atoms with Crippen LogP contribution < -0.4 is 4.90 Å². The van der Waals surface area contributed by atoms with Gasteiger partial charge in [-0.15, -0.1) is 0 Å². The highest BCUT2D eigenvalue weighted by Gasteiger charge is 2.23. The third-order valence-corrected chi connectivity index (χ3v) is 3.46. The van der Waals surface area contributed by atoms with Crippen molar-refractivity contribution in [1.29, 1.82) is 0 Å². The topological polar surface area (TPSA) is 46.8 Å². The normalized spacial score (nSPS) is 14.7. The molecule has 0 radical (unpaired) electrons. The molecule has 0 N–H and O–H groups in total. The van der Waals surface area contributed by atoms with Crippen molar-refractivity contribution >= 4 is 5.82 Å². The van der Waals surface area contributed by atoms with Crippen LogP contribution in [0.5, 0.6) is 0 Å². The first-order valence-electron chi connectivity index (χ1n) is 6.70. The van der Waals surface area contributed by atoms with Gasteiger partial charge in [-0.3, -0.25) is 4.98 Å². The Bertz CT molecular complexity index is 585. The second kappa shape index (κ2) is 4.64. The molecule has 0 saturated heterocycles. The van der Waals surface area contributed by atoms with Gasteiger partial charge >= 0.3 is 0 Å². The van der Waals surface area contributed by atoms with Gasteiger partial charge in [-0.25, -0.2) is 9.67 Å². The van der Waals surface area contributed by atoms with Crippen LogP contribution in [0.4, 0.5) is 5.82 Å². The lowest BCUT2D eigenvalue weighted by Crippen LogP contribution is -2.22. The van der Waals surface area contributed by atoms with Crippen LogP contribution in [0.2, 0.25) is 0 Å². The van der Waals surface area contributed by atoms with E-state index in [2.05, 4.69) is 27.0 Å². The van der Waals surface area contributed by atoms with E-state index in [-0.39, 0.29) is 0 Å². The maximum absolute atomic E-state index is 4.66. The predicted octanol–water partition coefficient (Wildman–Crippen LogP) is 2.13. The SMILES string of the molecule is Cc1cc(C)n(-c2cncc(N(C)CC3CC3)n2)n1. The Balaban J connectivity index is 1.88. The highest BCUT2D eigenvalue weighted by Crippen LogP contribution is 2.30. The molecule has 0 aromatic carbocycles. The molecule has 0 aliphatic heterocycles. The van der Waals surface area contributed by atoms with E-state index >= 15 is 0 Å². The summed E-state index contributed by atoms with van der Waals surface area (Å²) in [6.45, 7) is 5.08. The van der Waals surface area contributed by atoms with Crippen molar-refractivity contribution in [1.82, 2.24) is 19.7 Å². The zero-order chi connectivity index (χ0) is 13.4. The second-order valence-corrected chi connectivity index (χ2v) is 5.40. The number of rotatable bonds is 4. The Hall–Kier alpha value is -1.91. The predicted molar refractivity (Wildman–Crippen MR) is 74.6 cm³/mol. The van der Waals surface area contributed by atoms with Gasteiger partial charge in [0.05, 0.1) is 18.1 Å². The van der Waals surface area contributed by atoms with Crippen LogP contribution in [-0.4, -0.2) is 33.3 Å². The van der Waals surface area contributed by atoms with E-state index in [0.717, 1.165) is 35.5 Å². The standard InChI is InChI=1S/C14H19N5/c1-10-6-11(2)19(17-10)14-8-15-7-13(16-14)18(3)9-12-4-5-12/h6-8,12H,4-5,9H2,1-3H3. The van der Waals surface area contributed by atoms with Gasteiger partial charge in [-0.05, 0) is 38.7 Å². The molecule has 0 unspecified atom stereocenters. The van der Waals surface area contributed by atoms with Crippen LogP contribution in [0.25, 0.3) is 5.82 Å². The number of hydrogen-bond donors (Lipinski definition) is 0. The van der Waals surface area contributed by atoms with Crippen molar-refractivity contribution in [3.05, 3.63) is 29.8 Å². The molecule has 5 heteroatoms. The van der Waals surface area contributed by atoms with Crippen molar-refractivity contribution in [3.8, 4) is 5.82 Å². The fraction of sp³-hybridized carbons (Fsp3) is 0.500. The van der Waals surface area contributed by atoms with Gasteiger partial charge < -0.3 is 4.90 Å². The van der Waals surface area contributed by atoms with Gasteiger partial charge in [0.25, 0.3) is 0 Å². The zero-order valence-corrected chi connectivity index (χ0v) is 11.7. The van der Waals surface area contributed by atoms with E-state index in [0.29, 0.717) is 0 Å². The highest BCUT2D eigenvalue weighted by atomic mass is 15.3. The molecule has 100 valence electrons.